The van der Waals surface area contributed by atoms with Gasteiger partial charge in [0.1, 0.15) is 0 Å². The van der Waals surface area contributed by atoms with Crippen LogP contribution in [0, 0.1) is 17.8 Å². The molecule has 2 amide bonds. The van der Waals surface area contributed by atoms with E-state index >= 15 is 0 Å². The van der Waals surface area contributed by atoms with Crippen LogP contribution in [-0.2, 0) is 4.79 Å². The average molecular weight is 272 g/mol. The van der Waals surface area contributed by atoms with Gasteiger partial charge in [-0.3, -0.25) is 9.59 Å². The molecule has 0 aliphatic heterocycles. The summed E-state index contributed by atoms with van der Waals surface area (Å²) in [5, 5.41) is 2.84. The first kappa shape index (κ1) is 13.2. The van der Waals surface area contributed by atoms with E-state index in [9.17, 15) is 9.59 Å². The number of anilines is 1. The number of nitrogens with one attached hydrogen (secondary N) is 1. The minimum absolute atomic E-state index is 0.00347. The summed E-state index contributed by atoms with van der Waals surface area (Å²) in [5.41, 5.74) is 6.20. The van der Waals surface area contributed by atoms with Crippen LogP contribution in [0.1, 0.15) is 42.5 Å². The predicted molar refractivity (Wildman–Crippen MR) is 77.1 cm³/mol. The lowest BCUT2D eigenvalue weighted by molar-refractivity contribution is -0.117. The number of carbonyl (C=O) groups is 2. The van der Waals surface area contributed by atoms with Crippen molar-refractivity contribution < 1.29 is 9.59 Å². The van der Waals surface area contributed by atoms with Crippen LogP contribution in [0.5, 0.6) is 0 Å². The van der Waals surface area contributed by atoms with Crippen LogP contribution in [0.2, 0.25) is 0 Å². The molecule has 3 rings (SSSR count). The van der Waals surface area contributed by atoms with Crippen LogP contribution in [0.4, 0.5) is 5.69 Å². The van der Waals surface area contributed by atoms with Gasteiger partial charge in [0.15, 0.2) is 0 Å². The molecule has 2 aliphatic rings. The van der Waals surface area contributed by atoms with Gasteiger partial charge < -0.3 is 11.1 Å². The van der Waals surface area contributed by atoms with Gasteiger partial charge in [-0.05, 0) is 49.1 Å². The standard InChI is InChI=1S/C16H20N2O2/c17-16(20)13-3-1-2-4-14(13)18-15(19)9-12-8-10-5-6-11(12)7-10/h1-4,10-12H,5-9H2,(H2,17,20)(H,18,19)/t10-,11-,12+/m0/s1. The van der Waals surface area contributed by atoms with Gasteiger partial charge in [0.05, 0.1) is 11.3 Å². The predicted octanol–water partition coefficient (Wildman–Crippen LogP) is 2.55. The molecule has 20 heavy (non-hydrogen) atoms. The van der Waals surface area contributed by atoms with Gasteiger partial charge >= 0.3 is 0 Å². The number of hydrogen-bond acceptors (Lipinski definition) is 2. The molecule has 3 atom stereocenters. The summed E-state index contributed by atoms with van der Waals surface area (Å²) >= 11 is 0. The van der Waals surface area contributed by atoms with Crippen LogP contribution >= 0.6 is 0 Å². The molecular weight excluding hydrogens is 252 g/mol. The summed E-state index contributed by atoms with van der Waals surface area (Å²) < 4.78 is 0. The molecule has 4 heteroatoms. The average Bonchev–Trinajstić information content (AvgIpc) is 3.01. The first-order valence-electron chi connectivity index (χ1n) is 7.32. The highest BCUT2D eigenvalue weighted by Gasteiger charge is 2.40. The zero-order chi connectivity index (χ0) is 14.1. The Hall–Kier alpha value is -1.84. The summed E-state index contributed by atoms with van der Waals surface area (Å²) in [4.78, 5) is 23.5. The molecule has 1 aromatic carbocycles. The Morgan fingerprint density at radius 2 is 2.00 bits per heavy atom. The molecule has 0 unspecified atom stereocenters. The fourth-order valence-corrected chi connectivity index (χ4v) is 3.87. The van der Waals surface area contributed by atoms with Crippen LogP contribution in [0.25, 0.3) is 0 Å². The number of primary amides is 1. The number of rotatable bonds is 4. The van der Waals surface area contributed by atoms with Crippen molar-refractivity contribution in [2.75, 3.05) is 5.32 Å². The van der Waals surface area contributed by atoms with Gasteiger partial charge in [-0.15, -0.1) is 0 Å². The summed E-state index contributed by atoms with van der Waals surface area (Å²) in [6.07, 6.45) is 5.67. The third-order valence-corrected chi connectivity index (χ3v) is 4.80. The van der Waals surface area contributed by atoms with Gasteiger partial charge in [0.25, 0.3) is 5.91 Å². The number of benzene rings is 1. The second kappa shape index (κ2) is 5.27. The minimum Gasteiger partial charge on any atom is -0.366 e. The molecule has 0 spiro atoms. The Morgan fingerprint density at radius 1 is 1.20 bits per heavy atom. The van der Waals surface area contributed by atoms with Crippen LogP contribution in [0.15, 0.2) is 24.3 Å². The van der Waals surface area contributed by atoms with E-state index in [-0.39, 0.29) is 5.91 Å². The molecule has 0 aromatic heterocycles. The van der Waals surface area contributed by atoms with Gasteiger partial charge in [0.2, 0.25) is 5.91 Å². The fraction of sp³-hybridized carbons (Fsp3) is 0.500. The Kier molecular flexibility index (Phi) is 3.47. The zero-order valence-electron chi connectivity index (χ0n) is 11.5. The van der Waals surface area contributed by atoms with Crippen molar-refractivity contribution >= 4 is 17.5 Å². The molecule has 2 bridgehead atoms. The van der Waals surface area contributed by atoms with Crippen molar-refractivity contribution in [3.63, 3.8) is 0 Å². The van der Waals surface area contributed by atoms with E-state index in [2.05, 4.69) is 5.32 Å². The van der Waals surface area contributed by atoms with E-state index in [0.29, 0.717) is 23.6 Å². The Balaban J connectivity index is 1.63. The molecule has 0 saturated heterocycles. The molecule has 2 saturated carbocycles. The highest BCUT2D eigenvalue weighted by molar-refractivity contribution is 6.03. The number of para-hydroxylation sites is 1. The van der Waals surface area contributed by atoms with Crippen molar-refractivity contribution in [1.82, 2.24) is 0 Å². The van der Waals surface area contributed by atoms with E-state index < -0.39 is 5.91 Å². The third kappa shape index (κ3) is 2.55. The minimum atomic E-state index is -0.513. The van der Waals surface area contributed by atoms with Crippen molar-refractivity contribution in [2.45, 2.75) is 32.1 Å². The SMILES string of the molecule is NC(=O)c1ccccc1NC(=O)C[C@H]1C[C@H]2CC[C@H]1C2. The number of hydrogen-bond donors (Lipinski definition) is 2. The topological polar surface area (TPSA) is 72.2 Å². The summed E-state index contributed by atoms with van der Waals surface area (Å²) in [6, 6.07) is 6.89. The van der Waals surface area contributed by atoms with Gasteiger partial charge in [-0.25, -0.2) is 0 Å². The Morgan fingerprint density at radius 3 is 2.65 bits per heavy atom. The molecule has 106 valence electrons. The number of carbonyl (C=O) groups excluding carboxylic acids is 2. The Labute approximate surface area is 118 Å². The van der Waals surface area contributed by atoms with E-state index in [1.807, 2.05) is 0 Å². The fourth-order valence-electron chi connectivity index (χ4n) is 3.87. The maximum Gasteiger partial charge on any atom is 0.250 e. The van der Waals surface area contributed by atoms with Gasteiger partial charge in [-0.2, -0.15) is 0 Å². The lowest BCUT2D eigenvalue weighted by Gasteiger charge is -2.21. The zero-order valence-corrected chi connectivity index (χ0v) is 11.5. The van der Waals surface area contributed by atoms with Crippen LogP contribution < -0.4 is 11.1 Å². The highest BCUT2D eigenvalue weighted by Crippen LogP contribution is 2.49. The first-order chi connectivity index (χ1) is 9.63. The highest BCUT2D eigenvalue weighted by atomic mass is 16.2. The van der Waals surface area contributed by atoms with E-state index in [1.165, 1.54) is 25.7 Å². The monoisotopic (exact) mass is 272 g/mol. The van der Waals surface area contributed by atoms with Gasteiger partial charge in [0, 0.05) is 6.42 Å². The molecule has 3 N–H and O–H groups in total. The largest absolute Gasteiger partial charge is 0.366 e. The number of fused-ring (bicyclic) bond motifs is 2. The maximum absolute atomic E-state index is 12.2. The molecule has 2 fully saturated rings. The summed E-state index contributed by atoms with van der Waals surface area (Å²) in [7, 11) is 0. The van der Waals surface area contributed by atoms with Crippen molar-refractivity contribution in [3.8, 4) is 0 Å². The Bertz CT molecular complexity index is 541. The van der Waals surface area contributed by atoms with Crippen LogP contribution in [0.3, 0.4) is 0 Å². The lowest BCUT2D eigenvalue weighted by Crippen LogP contribution is -2.22. The number of amides is 2. The first-order valence-corrected chi connectivity index (χ1v) is 7.32. The molecule has 1 aromatic rings. The lowest BCUT2D eigenvalue weighted by atomic mass is 9.86. The smallest absolute Gasteiger partial charge is 0.250 e. The van der Waals surface area contributed by atoms with E-state index in [1.54, 1.807) is 24.3 Å². The second-order valence-electron chi connectivity index (χ2n) is 6.10. The molecule has 0 radical (unpaired) electrons. The van der Waals surface area contributed by atoms with Gasteiger partial charge in [-0.1, -0.05) is 18.6 Å². The van der Waals surface area contributed by atoms with E-state index in [0.717, 1.165) is 11.8 Å². The molecule has 4 nitrogen and oxygen atoms in total. The molecular formula is C16H20N2O2. The summed E-state index contributed by atoms with van der Waals surface area (Å²) in [5.74, 6) is 1.58. The normalized spacial score (nSPS) is 27.5. The maximum atomic E-state index is 12.2. The number of nitrogens with two attached hydrogens (primary N) is 1. The van der Waals surface area contributed by atoms with Crippen molar-refractivity contribution in [2.24, 2.45) is 23.5 Å². The molecule has 2 aliphatic carbocycles. The third-order valence-electron chi connectivity index (χ3n) is 4.80. The van der Waals surface area contributed by atoms with E-state index in [4.69, 9.17) is 5.73 Å². The van der Waals surface area contributed by atoms with Crippen molar-refractivity contribution in [3.05, 3.63) is 29.8 Å². The molecule has 0 heterocycles. The quantitative estimate of drug-likeness (QED) is 0.884. The van der Waals surface area contributed by atoms with Crippen LogP contribution in [-0.4, -0.2) is 11.8 Å². The second-order valence-corrected chi connectivity index (χ2v) is 6.10. The van der Waals surface area contributed by atoms with Crippen molar-refractivity contribution in [1.29, 1.82) is 0 Å². The summed E-state index contributed by atoms with van der Waals surface area (Å²) in [6.45, 7) is 0.